The number of pyridine rings is 1. The topological polar surface area (TPSA) is 89.0 Å². The van der Waals surface area contributed by atoms with Gasteiger partial charge in [-0.3, -0.25) is 4.99 Å². The Morgan fingerprint density at radius 3 is 2.54 bits per heavy atom. The summed E-state index contributed by atoms with van der Waals surface area (Å²) in [6.45, 7) is -1.44. The van der Waals surface area contributed by atoms with Gasteiger partial charge in [0, 0.05) is 24.4 Å². The predicted molar refractivity (Wildman–Crippen MR) is 127 cm³/mol. The van der Waals surface area contributed by atoms with Crippen LogP contribution in [0.4, 0.5) is 17.6 Å². The zero-order chi connectivity index (χ0) is 26.2. The highest BCUT2D eigenvalue weighted by atomic mass is 19.1. The molecule has 1 aliphatic heterocycles. The van der Waals surface area contributed by atoms with Crippen molar-refractivity contribution in [1.82, 2.24) is 9.97 Å². The van der Waals surface area contributed by atoms with Crippen LogP contribution in [0.3, 0.4) is 0 Å². The Labute approximate surface area is 208 Å². The molecule has 0 spiro atoms. The molecule has 1 atom stereocenters. The number of alkyl halides is 1. The number of aliphatic imine (C=N–C) groups is 1. The van der Waals surface area contributed by atoms with Crippen LogP contribution in [-0.2, 0) is 11.2 Å². The molecule has 0 aliphatic carbocycles. The smallest absolute Gasteiger partial charge is 0.198 e. The Kier molecular flexibility index (Phi) is 6.46. The van der Waals surface area contributed by atoms with Gasteiger partial charge in [0.25, 0.3) is 0 Å². The van der Waals surface area contributed by atoms with Gasteiger partial charge in [-0.1, -0.05) is 6.07 Å². The summed E-state index contributed by atoms with van der Waals surface area (Å²) in [4.78, 5) is 11.1. The Morgan fingerprint density at radius 1 is 1.08 bits per heavy atom. The maximum atomic E-state index is 15.0. The second kappa shape index (κ2) is 9.74. The number of benzene rings is 2. The lowest BCUT2D eigenvalue weighted by Gasteiger charge is -2.26. The van der Waals surface area contributed by atoms with E-state index in [1.807, 2.05) is 0 Å². The first-order valence-corrected chi connectivity index (χ1v) is 11.2. The minimum absolute atomic E-state index is 0.0333. The van der Waals surface area contributed by atoms with Crippen LogP contribution in [0, 0.1) is 17.5 Å². The molecule has 1 unspecified atom stereocenters. The molecule has 0 amide bonds. The van der Waals surface area contributed by atoms with Crippen LogP contribution in [0.2, 0.25) is 0 Å². The fraction of sp³-hybridized carbons (Fsp3) is 0.231. The van der Waals surface area contributed by atoms with Crippen LogP contribution in [0.15, 0.2) is 53.8 Å². The van der Waals surface area contributed by atoms with Gasteiger partial charge < -0.3 is 24.3 Å². The van der Waals surface area contributed by atoms with Crippen molar-refractivity contribution in [2.75, 3.05) is 26.9 Å². The molecule has 7 nitrogen and oxygen atoms in total. The quantitative estimate of drug-likeness (QED) is 0.334. The monoisotopic (exact) mass is 515 g/mol. The van der Waals surface area contributed by atoms with E-state index in [1.165, 1.54) is 37.6 Å². The first-order chi connectivity index (χ1) is 17.8. The molecule has 11 heteroatoms. The summed E-state index contributed by atoms with van der Waals surface area (Å²) in [5.41, 5.74) is -0.230. The summed E-state index contributed by atoms with van der Waals surface area (Å²) < 4.78 is 73.9. The number of hydrogen-bond acceptors (Lipinski definition) is 6. The van der Waals surface area contributed by atoms with Crippen molar-refractivity contribution < 1.29 is 36.9 Å². The maximum Gasteiger partial charge on any atom is 0.198 e. The van der Waals surface area contributed by atoms with Gasteiger partial charge >= 0.3 is 0 Å². The number of H-pyrrole nitrogens is 1. The lowest BCUT2D eigenvalue weighted by atomic mass is 10.0. The summed E-state index contributed by atoms with van der Waals surface area (Å²) in [5.74, 6) is -2.83. The van der Waals surface area contributed by atoms with E-state index >= 15 is 8.78 Å². The van der Waals surface area contributed by atoms with E-state index in [1.54, 1.807) is 6.20 Å². The molecule has 0 saturated carbocycles. The van der Waals surface area contributed by atoms with Crippen LogP contribution in [-0.4, -0.2) is 53.5 Å². The van der Waals surface area contributed by atoms with Crippen LogP contribution in [0.25, 0.3) is 22.2 Å². The molecular weight excluding hydrogens is 494 g/mol. The SMILES string of the molecule is COc1cc(-c2c[nH]c3nccc(Oc4c(F)cc(CC5=NCC(F)(CO)CO5)cc4F)c23)ccc1F. The number of aromatic nitrogens is 2. The standard InChI is InChI=1S/C26H21F4N3O4/c1-35-21-9-15(2-3-17(21)27)16-10-32-25-23(16)20(4-5-31-25)37-24-18(28)6-14(7-19(24)29)8-22-33-11-26(30,12-34)13-36-22/h2-7,9-10,34H,8,11-13H2,1H3,(H,31,32). The molecule has 2 N–H and O–H groups in total. The normalized spacial score (nSPS) is 17.4. The zero-order valence-electron chi connectivity index (χ0n) is 19.5. The molecule has 2 aromatic carbocycles. The maximum absolute atomic E-state index is 15.0. The molecule has 2 aromatic heterocycles. The summed E-state index contributed by atoms with van der Waals surface area (Å²) in [7, 11) is 1.35. The second-order valence-electron chi connectivity index (χ2n) is 8.56. The Hall–Kier alpha value is -4.12. The zero-order valence-corrected chi connectivity index (χ0v) is 19.5. The molecule has 192 valence electrons. The van der Waals surface area contributed by atoms with E-state index in [0.29, 0.717) is 22.2 Å². The van der Waals surface area contributed by atoms with Crippen molar-refractivity contribution >= 4 is 16.9 Å². The number of halogens is 4. The average Bonchev–Trinajstić information content (AvgIpc) is 3.33. The van der Waals surface area contributed by atoms with Crippen LogP contribution in [0.1, 0.15) is 5.56 Å². The van der Waals surface area contributed by atoms with Gasteiger partial charge in [-0.2, -0.15) is 0 Å². The average molecular weight is 515 g/mol. The number of rotatable bonds is 7. The Bertz CT molecular complexity index is 1480. The minimum atomic E-state index is -1.97. The number of aromatic amines is 1. The largest absolute Gasteiger partial charge is 0.494 e. The summed E-state index contributed by atoms with van der Waals surface area (Å²) in [6.07, 6.45) is 2.98. The lowest BCUT2D eigenvalue weighted by molar-refractivity contribution is 0.0171. The highest BCUT2D eigenvalue weighted by molar-refractivity contribution is 5.98. The third-order valence-electron chi connectivity index (χ3n) is 5.94. The van der Waals surface area contributed by atoms with Gasteiger partial charge in [-0.05, 0) is 41.5 Å². The number of nitrogens with one attached hydrogen (secondary N) is 1. The predicted octanol–water partition coefficient (Wildman–Crippen LogP) is 5.12. The van der Waals surface area contributed by atoms with Crippen LogP contribution in [0.5, 0.6) is 17.2 Å². The molecule has 0 saturated heterocycles. The highest BCUT2D eigenvalue weighted by Crippen LogP contribution is 2.39. The van der Waals surface area contributed by atoms with Crippen molar-refractivity contribution in [2.24, 2.45) is 4.99 Å². The van der Waals surface area contributed by atoms with Gasteiger partial charge in [0.1, 0.15) is 18.0 Å². The molecule has 37 heavy (non-hydrogen) atoms. The Morgan fingerprint density at radius 2 is 1.86 bits per heavy atom. The van der Waals surface area contributed by atoms with E-state index in [0.717, 1.165) is 12.1 Å². The molecule has 0 bridgehead atoms. The van der Waals surface area contributed by atoms with E-state index in [4.69, 9.17) is 19.3 Å². The molecule has 4 aromatic rings. The van der Waals surface area contributed by atoms with Crippen molar-refractivity contribution in [1.29, 1.82) is 0 Å². The number of methoxy groups -OCH3 is 1. The number of aliphatic hydroxyl groups is 1. The van der Waals surface area contributed by atoms with Gasteiger partial charge in [-0.25, -0.2) is 22.5 Å². The molecule has 0 radical (unpaired) electrons. The van der Waals surface area contributed by atoms with Gasteiger partial charge in [0.2, 0.25) is 0 Å². The van der Waals surface area contributed by atoms with Gasteiger partial charge in [0.05, 0.1) is 25.6 Å². The Balaban J connectivity index is 1.45. The fourth-order valence-electron chi connectivity index (χ4n) is 4.00. The minimum Gasteiger partial charge on any atom is -0.494 e. The number of fused-ring (bicyclic) bond motifs is 1. The van der Waals surface area contributed by atoms with Crippen molar-refractivity contribution in [3.8, 4) is 28.4 Å². The van der Waals surface area contributed by atoms with E-state index in [-0.39, 0.29) is 35.9 Å². The molecular formula is C26H21F4N3O4. The van der Waals surface area contributed by atoms with E-state index in [9.17, 15) is 8.78 Å². The van der Waals surface area contributed by atoms with Crippen molar-refractivity contribution in [3.63, 3.8) is 0 Å². The summed E-state index contributed by atoms with van der Waals surface area (Å²) >= 11 is 0. The molecule has 1 aliphatic rings. The first-order valence-electron chi connectivity index (χ1n) is 11.2. The number of ether oxygens (including phenoxy) is 3. The third-order valence-corrected chi connectivity index (χ3v) is 5.94. The van der Waals surface area contributed by atoms with Crippen LogP contribution < -0.4 is 9.47 Å². The first kappa shape index (κ1) is 24.6. The van der Waals surface area contributed by atoms with Gasteiger partial charge in [0.15, 0.2) is 40.5 Å². The summed E-state index contributed by atoms with van der Waals surface area (Å²) in [6, 6.07) is 7.90. The van der Waals surface area contributed by atoms with E-state index < -0.39 is 42.1 Å². The third kappa shape index (κ3) is 4.82. The molecule has 5 rings (SSSR count). The van der Waals surface area contributed by atoms with Crippen molar-refractivity contribution in [3.05, 3.63) is 71.8 Å². The van der Waals surface area contributed by atoms with Gasteiger partial charge in [-0.15, -0.1) is 0 Å². The van der Waals surface area contributed by atoms with E-state index in [2.05, 4.69) is 15.0 Å². The fourth-order valence-corrected chi connectivity index (χ4v) is 4.00. The van der Waals surface area contributed by atoms with Crippen molar-refractivity contribution in [2.45, 2.75) is 12.1 Å². The lowest BCUT2D eigenvalue weighted by Crippen LogP contribution is -2.42. The molecule has 0 fully saturated rings. The summed E-state index contributed by atoms with van der Waals surface area (Å²) in [5, 5.41) is 9.49. The highest BCUT2D eigenvalue weighted by Gasteiger charge is 2.34. The number of hydrogen-bond donors (Lipinski definition) is 2. The second-order valence-corrected chi connectivity index (χ2v) is 8.56. The number of nitrogens with zero attached hydrogens (tertiary/aromatic N) is 2. The van der Waals surface area contributed by atoms with Crippen LogP contribution >= 0.6 is 0 Å². The molecule has 3 heterocycles. The number of aliphatic hydroxyl groups excluding tert-OH is 1.